The van der Waals surface area contributed by atoms with Crippen molar-refractivity contribution < 1.29 is 37.7 Å². The van der Waals surface area contributed by atoms with Crippen molar-refractivity contribution in [2.45, 2.75) is 102 Å². The summed E-state index contributed by atoms with van der Waals surface area (Å²) in [4.78, 5) is 26.6. The number of para-hydroxylation sites is 1. The Balaban J connectivity index is 2.17. The standard InChI is InChI=1S/C29H42F3IN2O5/c1-2-3-4-5-6-7-8-9-10-15-26(37)35(20-29(30,31)32)23-18-21(28(39)34-16-17-36)19-25(27(23)38)40-24-14-12-11-13-22(24)33/h11-14,19,23,25,27,36,38H,2-10,15-18,20H2,1H3,(H,34,39). The molecule has 1 aromatic rings. The van der Waals surface area contributed by atoms with E-state index in [0.717, 1.165) is 25.7 Å². The van der Waals surface area contributed by atoms with Crippen molar-refractivity contribution in [2.24, 2.45) is 0 Å². The van der Waals surface area contributed by atoms with Crippen LogP contribution in [0.1, 0.15) is 77.6 Å². The molecular formula is C29H42F3IN2O5. The Bertz CT molecular complexity index is 960. The van der Waals surface area contributed by atoms with Crippen molar-refractivity contribution in [2.75, 3.05) is 19.7 Å². The number of nitrogens with one attached hydrogen (secondary N) is 1. The number of halogens is 4. The number of hydrogen-bond acceptors (Lipinski definition) is 5. The van der Waals surface area contributed by atoms with Gasteiger partial charge in [-0.3, -0.25) is 9.59 Å². The van der Waals surface area contributed by atoms with Crippen LogP contribution >= 0.6 is 22.6 Å². The van der Waals surface area contributed by atoms with Gasteiger partial charge in [-0.2, -0.15) is 13.2 Å². The summed E-state index contributed by atoms with van der Waals surface area (Å²) in [5, 5.41) is 22.8. The van der Waals surface area contributed by atoms with E-state index in [2.05, 4.69) is 12.2 Å². The monoisotopic (exact) mass is 682 g/mol. The van der Waals surface area contributed by atoms with Crippen molar-refractivity contribution in [3.63, 3.8) is 0 Å². The topological polar surface area (TPSA) is 99.1 Å². The number of carbonyl (C=O) groups is 2. The average Bonchev–Trinajstić information content (AvgIpc) is 2.91. The highest BCUT2D eigenvalue weighted by Crippen LogP contribution is 2.31. The van der Waals surface area contributed by atoms with Gasteiger partial charge in [0.2, 0.25) is 11.8 Å². The normalized spacial score (nSPS) is 19.2. The fraction of sp³-hybridized carbons (Fsp3) is 0.655. The number of aliphatic hydroxyl groups excluding tert-OH is 2. The largest absolute Gasteiger partial charge is 0.482 e. The highest BCUT2D eigenvalue weighted by atomic mass is 127. The van der Waals surface area contributed by atoms with Gasteiger partial charge in [0, 0.05) is 25.0 Å². The molecule has 0 aliphatic heterocycles. The number of ether oxygens (including phenoxy) is 1. The molecule has 0 fully saturated rings. The van der Waals surface area contributed by atoms with E-state index in [0.29, 0.717) is 20.6 Å². The maximum absolute atomic E-state index is 13.7. The average molecular weight is 683 g/mol. The molecule has 0 spiro atoms. The lowest BCUT2D eigenvalue weighted by Gasteiger charge is -2.40. The highest BCUT2D eigenvalue weighted by Gasteiger charge is 2.44. The first-order chi connectivity index (χ1) is 19.1. The van der Waals surface area contributed by atoms with Gasteiger partial charge in [0.05, 0.1) is 16.2 Å². The quantitative estimate of drug-likeness (QED) is 0.149. The summed E-state index contributed by atoms with van der Waals surface area (Å²) in [6.07, 6.45) is 2.66. The van der Waals surface area contributed by atoms with Gasteiger partial charge >= 0.3 is 6.18 Å². The van der Waals surface area contributed by atoms with Crippen molar-refractivity contribution in [3.8, 4) is 5.75 Å². The summed E-state index contributed by atoms with van der Waals surface area (Å²) in [7, 11) is 0. The molecule has 226 valence electrons. The zero-order chi connectivity index (χ0) is 29.5. The molecule has 2 rings (SSSR count). The van der Waals surface area contributed by atoms with E-state index >= 15 is 0 Å². The first-order valence-electron chi connectivity index (χ1n) is 14.1. The number of unbranched alkanes of at least 4 members (excludes halogenated alkanes) is 8. The molecule has 0 radical (unpaired) electrons. The minimum Gasteiger partial charge on any atom is -0.482 e. The molecule has 0 saturated carbocycles. The molecule has 2 amide bonds. The van der Waals surface area contributed by atoms with Crippen LogP contribution in [0.2, 0.25) is 0 Å². The summed E-state index contributed by atoms with van der Waals surface area (Å²) < 4.78 is 47.6. The number of amides is 2. The minimum atomic E-state index is -4.69. The van der Waals surface area contributed by atoms with Gasteiger partial charge in [0.1, 0.15) is 24.5 Å². The number of nitrogens with zero attached hydrogens (tertiary/aromatic N) is 1. The number of rotatable bonds is 17. The molecule has 3 atom stereocenters. The van der Waals surface area contributed by atoms with Crippen LogP contribution in [0.3, 0.4) is 0 Å². The number of hydrogen-bond donors (Lipinski definition) is 3. The molecule has 7 nitrogen and oxygen atoms in total. The third kappa shape index (κ3) is 11.9. The summed E-state index contributed by atoms with van der Waals surface area (Å²) in [5.74, 6) is -0.919. The number of benzene rings is 1. The van der Waals surface area contributed by atoms with Crippen LogP contribution in [-0.4, -0.2) is 71.0 Å². The van der Waals surface area contributed by atoms with Gasteiger partial charge in [-0.1, -0.05) is 70.4 Å². The molecule has 1 aliphatic rings. The van der Waals surface area contributed by atoms with E-state index in [1.807, 2.05) is 22.6 Å². The van der Waals surface area contributed by atoms with Crippen LogP contribution in [0.4, 0.5) is 13.2 Å². The zero-order valence-electron chi connectivity index (χ0n) is 23.1. The molecule has 1 aromatic carbocycles. The predicted octanol–water partition coefficient (Wildman–Crippen LogP) is 5.52. The molecule has 3 N–H and O–H groups in total. The summed E-state index contributed by atoms with van der Waals surface area (Å²) in [6.45, 7) is 0.262. The van der Waals surface area contributed by atoms with Gasteiger partial charge in [0.25, 0.3) is 0 Å². The van der Waals surface area contributed by atoms with Gasteiger partial charge in [-0.25, -0.2) is 0 Å². The maximum atomic E-state index is 13.7. The number of alkyl halides is 3. The fourth-order valence-corrected chi connectivity index (χ4v) is 5.30. The summed E-state index contributed by atoms with van der Waals surface area (Å²) >= 11 is 2.03. The maximum Gasteiger partial charge on any atom is 0.406 e. The van der Waals surface area contributed by atoms with Crippen LogP contribution in [-0.2, 0) is 9.59 Å². The van der Waals surface area contributed by atoms with E-state index in [1.54, 1.807) is 24.3 Å². The van der Waals surface area contributed by atoms with E-state index in [4.69, 9.17) is 9.84 Å². The molecule has 11 heteroatoms. The van der Waals surface area contributed by atoms with E-state index in [1.165, 1.54) is 31.8 Å². The molecule has 0 saturated heterocycles. The number of aliphatic hydroxyl groups is 2. The zero-order valence-corrected chi connectivity index (χ0v) is 25.3. The first-order valence-corrected chi connectivity index (χ1v) is 15.2. The Labute approximate surface area is 248 Å². The highest BCUT2D eigenvalue weighted by molar-refractivity contribution is 14.1. The third-order valence-corrected chi connectivity index (χ3v) is 7.77. The second-order valence-electron chi connectivity index (χ2n) is 10.2. The van der Waals surface area contributed by atoms with Gasteiger partial charge in [0.15, 0.2) is 0 Å². The van der Waals surface area contributed by atoms with E-state index in [-0.39, 0.29) is 31.6 Å². The van der Waals surface area contributed by atoms with Crippen LogP contribution in [0.25, 0.3) is 0 Å². The third-order valence-electron chi connectivity index (χ3n) is 6.88. The molecule has 40 heavy (non-hydrogen) atoms. The second-order valence-corrected chi connectivity index (χ2v) is 11.3. The number of carbonyl (C=O) groups excluding carboxylic acids is 2. The fourth-order valence-electron chi connectivity index (χ4n) is 4.78. The molecule has 3 unspecified atom stereocenters. The van der Waals surface area contributed by atoms with Crippen molar-refractivity contribution in [1.82, 2.24) is 10.2 Å². The Morgan fingerprint density at radius 3 is 2.30 bits per heavy atom. The van der Waals surface area contributed by atoms with E-state index < -0.39 is 42.8 Å². The van der Waals surface area contributed by atoms with Crippen molar-refractivity contribution in [1.29, 1.82) is 0 Å². The summed E-state index contributed by atoms with van der Waals surface area (Å²) in [5.41, 5.74) is 0.0859. The molecule has 0 aromatic heterocycles. The molecule has 0 heterocycles. The Hall–Kier alpha value is -1.86. The Morgan fingerprint density at radius 1 is 1.07 bits per heavy atom. The lowest BCUT2D eigenvalue weighted by Crippen LogP contribution is -2.57. The summed E-state index contributed by atoms with van der Waals surface area (Å²) in [6, 6.07) is 5.60. The van der Waals surface area contributed by atoms with Gasteiger partial charge < -0.3 is 25.2 Å². The Kier molecular flexibility index (Phi) is 15.3. The second kappa shape index (κ2) is 17.8. The molecule has 1 aliphatic carbocycles. The minimum absolute atomic E-state index is 0.0463. The first kappa shape index (κ1) is 34.3. The smallest absolute Gasteiger partial charge is 0.406 e. The molecule has 0 bridgehead atoms. The molecular weight excluding hydrogens is 640 g/mol. The Morgan fingerprint density at radius 2 is 1.70 bits per heavy atom. The lowest BCUT2D eigenvalue weighted by molar-refractivity contribution is -0.172. The van der Waals surface area contributed by atoms with Crippen LogP contribution in [0.5, 0.6) is 5.75 Å². The van der Waals surface area contributed by atoms with E-state index in [9.17, 15) is 27.9 Å². The van der Waals surface area contributed by atoms with Gasteiger partial charge in [-0.05, 0) is 47.2 Å². The van der Waals surface area contributed by atoms with Crippen LogP contribution in [0, 0.1) is 3.57 Å². The SMILES string of the molecule is CCCCCCCCCCCC(=O)N(CC(F)(F)F)C1CC(C(=O)NCCO)=CC(Oc2ccccc2I)C1O. The van der Waals surface area contributed by atoms with Crippen molar-refractivity contribution >= 4 is 34.4 Å². The predicted molar refractivity (Wildman–Crippen MR) is 156 cm³/mol. The van der Waals surface area contributed by atoms with Crippen molar-refractivity contribution in [3.05, 3.63) is 39.5 Å². The van der Waals surface area contributed by atoms with Crippen LogP contribution in [0.15, 0.2) is 35.9 Å². The van der Waals surface area contributed by atoms with Gasteiger partial charge in [-0.15, -0.1) is 0 Å². The lowest BCUT2D eigenvalue weighted by atomic mass is 9.88. The van der Waals surface area contributed by atoms with Crippen LogP contribution < -0.4 is 10.1 Å².